The predicted octanol–water partition coefficient (Wildman–Crippen LogP) is 2.69. The number of hydrogen-bond donors (Lipinski definition) is 2. The van der Waals surface area contributed by atoms with Crippen LogP contribution in [0.4, 0.5) is 11.8 Å². The second kappa shape index (κ2) is 12.0. The predicted molar refractivity (Wildman–Crippen MR) is 137 cm³/mol. The third-order valence-corrected chi connectivity index (χ3v) is 9.22. The molecule has 2 aliphatic heterocycles. The van der Waals surface area contributed by atoms with Crippen LogP contribution in [0.1, 0.15) is 64.2 Å². The summed E-state index contributed by atoms with van der Waals surface area (Å²) in [4.78, 5) is 14.4. The van der Waals surface area contributed by atoms with Crippen molar-refractivity contribution in [3.05, 3.63) is 12.3 Å². The Bertz CT molecular complexity index is 866. The van der Waals surface area contributed by atoms with Crippen LogP contribution in [0.5, 0.6) is 0 Å². The first-order valence-electron chi connectivity index (χ1n) is 13.2. The Hall–Kier alpha value is -1.49. The number of anilines is 2. The second-order valence-corrected chi connectivity index (χ2v) is 12.4. The lowest BCUT2D eigenvalue weighted by Gasteiger charge is -2.41. The smallest absolute Gasteiger partial charge is 0.278 e. The normalized spacial score (nSPS) is 27.5. The minimum Gasteiger partial charge on any atom is -0.356 e. The van der Waals surface area contributed by atoms with Gasteiger partial charge >= 0.3 is 0 Å². The van der Waals surface area contributed by atoms with E-state index < -0.39 is 10.2 Å². The highest BCUT2D eigenvalue weighted by atomic mass is 32.2. The van der Waals surface area contributed by atoms with Gasteiger partial charge in [-0.3, -0.25) is 4.90 Å². The largest absolute Gasteiger partial charge is 0.356 e. The first kappa shape index (κ1) is 25.6. The van der Waals surface area contributed by atoms with Crippen molar-refractivity contribution < 1.29 is 8.42 Å². The molecule has 0 spiro atoms. The van der Waals surface area contributed by atoms with Crippen molar-refractivity contribution in [3.63, 3.8) is 0 Å². The maximum atomic E-state index is 12.0. The zero-order valence-corrected chi connectivity index (χ0v) is 21.8. The lowest BCUT2D eigenvalue weighted by atomic mass is 9.84. The quantitative estimate of drug-likeness (QED) is 0.575. The zero-order chi connectivity index (χ0) is 24.0. The summed E-state index contributed by atoms with van der Waals surface area (Å²) in [5.74, 6) is 2.24. The zero-order valence-electron chi connectivity index (χ0n) is 21.0. The first-order chi connectivity index (χ1) is 16.4. The Kier molecular flexibility index (Phi) is 9.01. The highest BCUT2D eigenvalue weighted by molar-refractivity contribution is 7.87. The fourth-order valence-electron chi connectivity index (χ4n) is 5.60. The molecule has 10 heteroatoms. The van der Waals surface area contributed by atoms with Crippen LogP contribution < -0.4 is 14.9 Å². The van der Waals surface area contributed by atoms with E-state index in [2.05, 4.69) is 24.8 Å². The lowest BCUT2D eigenvalue weighted by Crippen LogP contribution is -2.49. The average molecular weight is 494 g/mol. The molecule has 3 heterocycles. The molecular weight excluding hydrogens is 450 g/mol. The molecule has 1 aromatic rings. The van der Waals surface area contributed by atoms with Gasteiger partial charge in [0.05, 0.1) is 0 Å². The van der Waals surface area contributed by atoms with Crippen molar-refractivity contribution in [2.24, 2.45) is 5.92 Å². The number of piperidine rings is 1. The van der Waals surface area contributed by atoms with Gasteiger partial charge in [-0.25, -0.2) is 9.71 Å². The molecule has 2 N–H and O–H groups in total. The summed E-state index contributed by atoms with van der Waals surface area (Å²) >= 11 is 0. The van der Waals surface area contributed by atoms with E-state index in [4.69, 9.17) is 4.98 Å². The third-order valence-electron chi connectivity index (χ3n) is 7.72. The van der Waals surface area contributed by atoms with E-state index in [1.54, 1.807) is 14.1 Å². The molecule has 0 aromatic carbocycles. The summed E-state index contributed by atoms with van der Waals surface area (Å²) in [6.07, 6.45) is 13.8. The molecule has 34 heavy (non-hydrogen) atoms. The SMILES string of the molecule is CN(C)S(=O)(=O)NCC1CCC(N2CCCC(Nc3nccc(N4CCCCCC4)n3)C2)CC1. The summed E-state index contributed by atoms with van der Waals surface area (Å²) in [6.45, 7) is 4.90. The molecule has 4 rings (SSSR count). The van der Waals surface area contributed by atoms with E-state index in [0.717, 1.165) is 70.0 Å². The molecule has 192 valence electrons. The summed E-state index contributed by atoms with van der Waals surface area (Å²) < 4.78 is 28.0. The van der Waals surface area contributed by atoms with Gasteiger partial charge in [-0.05, 0) is 69.9 Å². The summed E-state index contributed by atoms with van der Waals surface area (Å²) in [7, 11) is -0.200. The van der Waals surface area contributed by atoms with Gasteiger partial charge in [0.1, 0.15) is 5.82 Å². The number of rotatable bonds is 8. The van der Waals surface area contributed by atoms with Crippen molar-refractivity contribution in [2.45, 2.75) is 76.3 Å². The van der Waals surface area contributed by atoms with Crippen LogP contribution in [-0.2, 0) is 10.2 Å². The standard InChI is InChI=1S/C24H43N7O2S/c1-29(2)34(32,33)26-18-20-9-11-22(12-10-20)31-17-7-8-21(19-31)27-24-25-14-13-23(28-24)30-15-5-3-4-6-16-30/h13-14,20-22,26H,3-12,15-19H2,1-2H3,(H,25,27,28). The van der Waals surface area contributed by atoms with Crippen LogP contribution in [0, 0.1) is 5.92 Å². The second-order valence-electron chi connectivity index (χ2n) is 10.4. The molecule has 0 radical (unpaired) electrons. The van der Waals surface area contributed by atoms with E-state index in [-0.39, 0.29) is 0 Å². The van der Waals surface area contributed by atoms with E-state index in [1.807, 2.05) is 12.3 Å². The number of nitrogens with one attached hydrogen (secondary N) is 2. The minimum atomic E-state index is -3.33. The van der Waals surface area contributed by atoms with Crippen molar-refractivity contribution >= 4 is 22.0 Å². The average Bonchev–Trinajstić information content (AvgIpc) is 3.13. The van der Waals surface area contributed by atoms with Gasteiger partial charge in [-0.2, -0.15) is 17.7 Å². The van der Waals surface area contributed by atoms with Crippen molar-refractivity contribution in [3.8, 4) is 0 Å². The number of likely N-dealkylation sites (tertiary alicyclic amines) is 1. The lowest BCUT2D eigenvalue weighted by molar-refractivity contribution is 0.109. The van der Waals surface area contributed by atoms with E-state index in [1.165, 1.54) is 36.4 Å². The van der Waals surface area contributed by atoms with Crippen LogP contribution >= 0.6 is 0 Å². The minimum absolute atomic E-state index is 0.373. The molecule has 3 aliphatic rings. The Morgan fingerprint density at radius 3 is 2.44 bits per heavy atom. The highest BCUT2D eigenvalue weighted by Crippen LogP contribution is 2.29. The van der Waals surface area contributed by atoms with Crippen LogP contribution in [0.25, 0.3) is 0 Å². The summed E-state index contributed by atoms with van der Waals surface area (Å²) in [5.41, 5.74) is 0. The molecule has 1 aliphatic carbocycles. The molecule has 0 bridgehead atoms. The van der Waals surface area contributed by atoms with Gasteiger partial charge < -0.3 is 10.2 Å². The van der Waals surface area contributed by atoms with Crippen molar-refractivity contribution in [2.75, 3.05) is 57.0 Å². The summed E-state index contributed by atoms with van der Waals surface area (Å²) in [6, 6.07) is 3.01. The molecule has 1 aromatic heterocycles. The van der Waals surface area contributed by atoms with Crippen molar-refractivity contribution in [1.29, 1.82) is 0 Å². The molecule has 9 nitrogen and oxygen atoms in total. The molecule has 2 saturated heterocycles. The maximum absolute atomic E-state index is 12.0. The van der Waals surface area contributed by atoms with Gasteiger partial charge in [-0.1, -0.05) is 12.8 Å². The first-order valence-corrected chi connectivity index (χ1v) is 14.6. The molecule has 1 unspecified atom stereocenters. The van der Waals surface area contributed by atoms with Crippen LogP contribution in [-0.4, -0.2) is 86.5 Å². The van der Waals surface area contributed by atoms with Crippen LogP contribution in [0.2, 0.25) is 0 Å². The van der Waals surface area contributed by atoms with Gasteiger partial charge in [-0.15, -0.1) is 0 Å². The fourth-order valence-corrected chi connectivity index (χ4v) is 6.30. The number of nitrogens with zero attached hydrogens (tertiary/aromatic N) is 5. The molecular formula is C24H43N7O2S. The van der Waals surface area contributed by atoms with Gasteiger partial charge in [0.25, 0.3) is 10.2 Å². The van der Waals surface area contributed by atoms with E-state index in [0.29, 0.717) is 24.5 Å². The Labute approximate surface area is 205 Å². The monoisotopic (exact) mass is 493 g/mol. The Balaban J connectivity index is 1.25. The molecule has 1 saturated carbocycles. The van der Waals surface area contributed by atoms with Crippen LogP contribution in [0.15, 0.2) is 12.3 Å². The van der Waals surface area contributed by atoms with Crippen LogP contribution in [0.3, 0.4) is 0 Å². The third kappa shape index (κ3) is 7.02. The van der Waals surface area contributed by atoms with Gasteiger partial charge in [0.15, 0.2) is 0 Å². The van der Waals surface area contributed by atoms with Gasteiger partial charge in [0, 0.05) is 58.6 Å². The topological polar surface area (TPSA) is 93.7 Å². The van der Waals surface area contributed by atoms with Crippen molar-refractivity contribution in [1.82, 2.24) is 23.9 Å². The number of aromatic nitrogens is 2. The summed E-state index contributed by atoms with van der Waals surface area (Å²) in [5, 5.41) is 3.63. The Morgan fingerprint density at radius 2 is 1.74 bits per heavy atom. The Morgan fingerprint density at radius 1 is 1.00 bits per heavy atom. The molecule has 1 atom stereocenters. The highest BCUT2D eigenvalue weighted by Gasteiger charge is 2.30. The van der Waals surface area contributed by atoms with E-state index in [9.17, 15) is 8.42 Å². The number of hydrogen-bond acceptors (Lipinski definition) is 7. The fraction of sp³-hybridized carbons (Fsp3) is 0.833. The molecule has 3 fully saturated rings. The molecule has 0 amide bonds. The van der Waals surface area contributed by atoms with Gasteiger partial charge in [0.2, 0.25) is 5.95 Å². The maximum Gasteiger partial charge on any atom is 0.278 e. The van der Waals surface area contributed by atoms with E-state index >= 15 is 0 Å².